The molecule has 1 aromatic carbocycles. The van der Waals surface area contributed by atoms with Gasteiger partial charge in [-0.2, -0.15) is 0 Å². The Labute approximate surface area is 144 Å². The van der Waals surface area contributed by atoms with Crippen molar-refractivity contribution in [3.8, 4) is 0 Å². The molecule has 0 aliphatic carbocycles. The lowest BCUT2D eigenvalue weighted by molar-refractivity contribution is -0.136. The third-order valence-electron chi connectivity index (χ3n) is 5.00. The zero-order valence-corrected chi connectivity index (χ0v) is 14.9. The minimum atomic E-state index is -0.210. The number of piperazine rings is 1. The van der Waals surface area contributed by atoms with Crippen molar-refractivity contribution in [2.75, 3.05) is 37.6 Å². The fourth-order valence-electron chi connectivity index (χ4n) is 3.60. The van der Waals surface area contributed by atoms with E-state index in [9.17, 15) is 9.59 Å². The Kier molecular flexibility index (Phi) is 4.52. The molecular formula is C19H27N3O2. The van der Waals surface area contributed by atoms with Crippen molar-refractivity contribution < 1.29 is 9.59 Å². The molecule has 0 aromatic heterocycles. The van der Waals surface area contributed by atoms with Gasteiger partial charge in [-0.25, -0.2) is 0 Å². The fraction of sp³-hybridized carbons (Fsp3) is 0.579. The van der Waals surface area contributed by atoms with Crippen LogP contribution in [0.3, 0.4) is 0 Å². The summed E-state index contributed by atoms with van der Waals surface area (Å²) in [6, 6.07) is 10.3. The van der Waals surface area contributed by atoms with E-state index in [1.807, 2.05) is 48.8 Å². The third kappa shape index (κ3) is 3.40. The molecule has 2 amide bonds. The molecule has 0 unspecified atom stereocenters. The molecule has 2 fully saturated rings. The van der Waals surface area contributed by atoms with E-state index < -0.39 is 0 Å². The van der Waals surface area contributed by atoms with E-state index in [1.165, 1.54) is 5.69 Å². The van der Waals surface area contributed by atoms with Crippen LogP contribution in [0.2, 0.25) is 0 Å². The molecule has 1 aromatic rings. The average molecular weight is 329 g/mol. The number of anilines is 1. The number of likely N-dealkylation sites (tertiary alicyclic amines) is 1. The molecule has 3 rings (SSSR count). The van der Waals surface area contributed by atoms with Crippen molar-refractivity contribution >= 4 is 17.5 Å². The lowest BCUT2D eigenvalue weighted by atomic mass is 10.1. The number of hydrogen-bond acceptors (Lipinski definition) is 3. The SMILES string of the molecule is CC(C)(C)N1C[C@@H](C(=O)N2CCN(c3ccccc3)CC2)CC1=O. The summed E-state index contributed by atoms with van der Waals surface area (Å²) in [5, 5.41) is 0. The number of rotatable bonds is 2. The molecule has 0 saturated carbocycles. The molecule has 24 heavy (non-hydrogen) atoms. The Morgan fingerprint density at radius 1 is 1.04 bits per heavy atom. The van der Waals surface area contributed by atoms with Gasteiger partial charge in [0.15, 0.2) is 0 Å². The zero-order valence-electron chi connectivity index (χ0n) is 14.9. The van der Waals surface area contributed by atoms with Crippen LogP contribution in [-0.4, -0.2) is 59.9 Å². The Morgan fingerprint density at radius 3 is 2.21 bits per heavy atom. The van der Waals surface area contributed by atoms with E-state index in [0.29, 0.717) is 13.0 Å². The second kappa shape index (κ2) is 6.46. The number of amides is 2. The van der Waals surface area contributed by atoms with Gasteiger partial charge in [0.05, 0.1) is 5.92 Å². The molecule has 2 heterocycles. The molecule has 5 heteroatoms. The number of carbonyl (C=O) groups is 2. The quantitative estimate of drug-likeness (QED) is 0.833. The maximum Gasteiger partial charge on any atom is 0.228 e. The highest BCUT2D eigenvalue weighted by molar-refractivity contribution is 5.89. The first-order chi connectivity index (χ1) is 11.4. The Balaban J connectivity index is 1.57. The average Bonchev–Trinajstić information content (AvgIpc) is 2.97. The standard InChI is InChI=1S/C19H27N3O2/c1-19(2,3)22-14-15(13-17(22)23)18(24)21-11-9-20(10-12-21)16-7-5-4-6-8-16/h4-8,15H,9-14H2,1-3H3/t15-/m0/s1. The van der Waals surface area contributed by atoms with Crippen LogP contribution in [0.15, 0.2) is 30.3 Å². The van der Waals surface area contributed by atoms with E-state index in [0.717, 1.165) is 26.2 Å². The van der Waals surface area contributed by atoms with Gasteiger partial charge in [0.25, 0.3) is 0 Å². The summed E-state index contributed by atoms with van der Waals surface area (Å²) in [5.74, 6) is 0.0617. The summed E-state index contributed by atoms with van der Waals surface area (Å²) in [7, 11) is 0. The van der Waals surface area contributed by atoms with Crippen LogP contribution in [0.1, 0.15) is 27.2 Å². The molecule has 5 nitrogen and oxygen atoms in total. The Hall–Kier alpha value is -2.04. The van der Waals surface area contributed by atoms with E-state index >= 15 is 0 Å². The van der Waals surface area contributed by atoms with Crippen molar-refractivity contribution in [3.63, 3.8) is 0 Å². The van der Waals surface area contributed by atoms with Gasteiger partial charge in [0, 0.05) is 50.4 Å². The number of benzene rings is 1. The predicted octanol–water partition coefficient (Wildman–Crippen LogP) is 1.98. The molecule has 2 aliphatic rings. The molecular weight excluding hydrogens is 302 g/mol. The zero-order chi connectivity index (χ0) is 17.3. The van der Waals surface area contributed by atoms with Crippen LogP contribution in [0.5, 0.6) is 0 Å². The summed E-state index contributed by atoms with van der Waals surface area (Å²) in [4.78, 5) is 31.1. The largest absolute Gasteiger partial charge is 0.368 e. The van der Waals surface area contributed by atoms with Gasteiger partial charge >= 0.3 is 0 Å². The topological polar surface area (TPSA) is 43.9 Å². The van der Waals surface area contributed by atoms with E-state index in [1.54, 1.807) is 0 Å². The van der Waals surface area contributed by atoms with Gasteiger partial charge < -0.3 is 14.7 Å². The van der Waals surface area contributed by atoms with Crippen LogP contribution >= 0.6 is 0 Å². The first-order valence-electron chi connectivity index (χ1n) is 8.75. The van der Waals surface area contributed by atoms with Gasteiger partial charge in [0.1, 0.15) is 0 Å². The highest BCUT2D eigenvalue weighted by atomic mass is 16.2. The summed E-state index contributed by atoms with van der Waals surface area (Å²) in [5.41, 5.74) is 0.998. The summed E-state index contributed by atoms with van der Waals surface area (Å²) >= 11 is 0. The number of para-hydroxylation sites is 1. The molecule has 2 saturated heterocycles. The Morgan fingerprint density at radius 2 is 1.67 bits per heavy atom. The first kappa shape index (κ1) is 16.8. The summed E-state index contributed by atoms with van der Waals surface area (Å²) in [6.45, 7) is 9.78. The molecule has 1 atom stereocenters. The number of hydrogen-bond donors (Lipinski definition) is 0. The molecule has 0 N–H and O–H groups in total. The molecule has 2 aliphatic heterocycles. The lowest BCUT2D eigenvalue weighted by Gasteiger charge is -2.37. The number of nitrogens with zero attached hydrogens (tertiary/aromatic N) is 3. The van der Waals surface area contributed by atoms with Crippen LogP contribution in [0.4, 0.5) is 5.69 Å². The minimum Gasteiger partial charge on any atom is -0.368 e. The fourth-order valence-corrected chi connectivity index (χ4v) is 3.60. The maximum absolute atomic E-state index is 12.8. The monoisotopic (exact) mass is 329 g/mol. The smallest absolute Gasteiger partial charge is 0.228 e. The van der Waals surface area contributed by atoms with Gasteiger partial charge in [-0.15, -0.1) is 0 Å². The molecule has 0 bridgehead atoms. The highest BCUT2D eigenvalue weighted by Gasteiger charge is 2.41. The van der Waals surface area contributed by atoms with Crippen molar-refractivity contribution in [1.29, 1.82) is 0 Å². The normalized spacial score (nSPS) is 22.2. The second-order valence-corrected chi connectivity index (χ2v) is 7.72. The number of carbonyl (C=O) groups excluding carboxylic acids is 2. The predicted molar refractivity (Wildman–Crippen MR) is 94.8 cm³/mol. The molecule has 0 spiro atoms. The van der Waals surface area contributed by atoms with E-state index in [-0.39, 0.29) is 23.3 Å². The van der Waals surface area contributed by atoms with E-state index in [4.69, 9.17) is 0 Å². The van der Waals surface area contributed by atoms with Crippen LogP contribution in [0.25, 0.3) is 0 Å². The van der Waals surface area contributed by atoms with Gasteiger partial charge in [-0.1, -0.05) is 18.2 Å². The minimum absolute atomic E-state index is 0.101. The molecule has 130 valence electrons. The van der Waals surface area contributed by atoms with E-state index in [2.05, 4.69) is 17.0 Å². The summed E-state index contributed by atoms with van der Waals surface area (Å²) in [6.07, 6.45) is 0.356. The second-order valence-electron chi connectivity index (χ2n) is 7.72. The maximum atomic E-state index is 12.8. The van der Waals surface area contributed by atoms with Gasteiger partial charge in [-0.3, -0.25) is 9.59 Å². The van der Waals surface area contributed by atoms with Crippen molar-refractivity contribution in [2.24, 2.45) is 5.92 Å². The van der Waals surface area contributed by atoms with Crippen molar-refractivity contribution in [3.05, 3.63) is 30.3 Å². The van der Waals surface area contributed by atoms with Crippen molar-refractivity contribution in [1.82, 2.24) is 9.80 Å². The van der Waals surface area contributed by atoms with Crippen LogP contribution in [-0.2, 0) is 9.59 Å². The lowest BCUT2D eigenvalue weighted by Crippen LogP contribution is -2.51. The Bertz CT molecular complexity index is 601. The van der Waals surface area contributed by atoms with Crippen molar-refractivity contribution in [2.45, 2.75) is 32.7 Å². The van der Waals surface area contributed by atoms with Gasteiger partial charge in [0.2, 0.25) is 11.8 Å². The summed E-state index contributed by atoms with van der Waals surface area (Å²) < 4.78 is 0. The third-order valence-corrected chi connectivity index (χ3v) is 5.00. The molecule has 0 radical (unpaired) electrons. The van der Waals surface area contributed by atoms with Crippen LogP contribution < -0.4 is 4.90 Å². The van der Waals surface area contributed by atoms with Crippen LogP contribution in [0, 0.1) is 5.92 Å². The van der Waals surface area contributed by atoms with Gasteiger partial charge in [-0.05, 0) is 32.9 Å². The first-order valence-corrected chi connectivity index (χ1v) is 8.75. The highest BCUT2D eigenvalue weighted by Crippen LogP contribution is 2.27.